The van der Waals surface area contributed by atoms with Gasteiger partial charge in [0.1, 0.15) is 6.61 Å². The number of rotatable bonds is 21. The smallest absolute Gasteiger partial charge is 0.431 e. The number of nitro benzene ring substituents is 1. The molecule has 15 heteroatoms. The molecule has 2 aromatic rings. The number of hydrogen-bond acceptors (Lipinski definition) is 10. The minimum absolute atomic E-state index is 0.0740. The van der Waals surface area contributed by atoms with Crippen LogP contribution in [0.25, 0.3) is 0 Å². The molecule has 234 valence electrons. The molecule has 0 radical (unpaired) electrons. The summed E-state index contributed by atoms with van der Waals surface area (Å²) in [6, 6.07) is 11.4. The van der Waals surface area contributed by atoms with Crippen LogP contribution in [0.2, 0.25) is 0 Å². The second-order valence-electron chi connectivity index (χ2n) is 9.11. The molecular weight excluding hydrogens is 602 g/mol. The van der Waals surface area contributed by atoms with E-state index < -0.39 is 23.0 Å². The number of carboxylic acids is 2. The third-order valence-electron chi connectivity index (χ3n) is 5.66. The average Bonchev–Trinajstić information content (AvgIpc) is 2.97. The summed E-state index contributed by atoms with van der Waals surface area (Å²) >= 11 is 3.08. The highest BCUT2D eigenvalue weighted by molar-refractivity contribution is 8.00. The van der Waals surface area contributed by atoms with Crippen molar-refractivity contribution in [2.24, 2.45) is 0 Å². The summed E-state index contributed by atoms with van der Waals surface area (Å²) in [6.45, 7) is 0.0330. The lowest BCUT2D eigenvalue weighted by Crippen LogP contribution is -2.28. The number of amides is 2. The van der Waals surface area contributed by atoms with Crippen molar-refractivity contribution >= 4 is 53.2 Å². The molecule has 0 saturated carbocycles. The van der Waals surface area contributed by atoms with E-state index >= 15 is 0 Å². The predicted octanol–water partition coefficient (Wildman–Crippen LogP) is 5.27. The minimum atomic E-state index is -0.910. The predicted molar refractivity (Wildman–Crippen MR) is 160 cm³/mol. The lowest BCUT2D eigenvalue weighted by molar-refractivity contribution is -0.385. The van der Waals surface area contributed by atoms with Crippen molar-refractivity contribution < 1.29 is 43.9 Å². The monoisotopic (exact) mass is 637 g/mol. The molecule has 0 fully saturated rings. The highest BCUT2D eigenvalue weighted by Gasteiger charge is 2.14. The first-order valence-electron chi connectivity index (χ1n) is 13.5. The van der Waals surface area contributed by atoms with E-state index in [1.54, 1.807) is 18.2 Å². The van der Waals surface area contributed by atoms with Crippen LogP contribution in [-0.2, 0) is 25.8 Å². The molecule has 0 aliphatic rings. The van der Waals surface area contributed by atoms with E-state index in [2.05, 4.69) is 10.8 Å². The van der Waals surface area contributed by atoms with Gasteiger partial charge in [0.25, 0.3) is 11.6 Å². The van der Waals surface area contributed by atoms with Crippen LogP contribution < -0.4 is 10.8 Å². The van der Waals surface area contributed by atoms with Crippen molar-refractivity contribution in [3.05, 3.63) is 63.7 Å². The summed E-state index contributed by atoms with van der Waals surface area (Å²) in [4.78, 5) is 63.4. The first kappa shape index (κ1) is 35.4. The van der Waals surface area contributed by atoms with Gasteiger partial charge in [-0.05, 0) is 67.9 Å². The second-order valence-corrected chi connectivity index (χ2v) is 11.5. The molecule has 0 saturated heterocycles. The van der Waals surface area contributed by atoms with Gasteiger partial charge >= 0.3 is 18.0 Å². The van der Waals surface area contributed by atoms with Gasteiger partial charge < -0.3 is 20.3 Å². The fourth-order valence-electron chi connectivity index (χ4n) is 3.55. The fraction of sp³-hybridized carbons (Fsp3) is 0.429. The zero-order chi connectivity index (χ0) is 31.5. The number of thioether (sulfide) groups is 2. The topological polar surface area (TPSA) is 194 Å². The molecule has 0 unspecified atom stereocenters. The molecule has 13 nitrogen and oxygen atoms in total. The molecular formula is C28H35N3O10S2. The van der Waals surface area contributed by atoms with Gasteiger partial charge in [0, 0.05) is 40.8 Å². The van der Waals surface area contributed by atoms with E-state index in [4.69, 9.17) is 19.8 Å². The van der Waals surface area contributed by atoms with E-state index in [0.29, 0.717) is 36.3 Å². The fourth-order valence-corrected chi connectivity index (χ4v) is 5.63. The summed E-state index contributed by atoms with van der Waals surface area (Å²) < 4.78 is 4.94. The Morgan fingerprint density at radius 3 is 2.05 bits per heavy atom. The Morgan fingerprint density at radius 1 is 0.860 bits per heavy atom. The molecule has 4 N–H and O–H groups in total. The molecule has 0 spiro atoms. The van der Waals surface area contributed by atoms with Crippen molar-refractivity contribution in [2.45, 2.75) is 61.3 Å². The van der Waals surface area contributed by atoms with Crippen LogP contribution in [0.5, 0.6) is 0 Å². The molecule has 0 aromatic heterocycles. The van der Waals surface area contributed by atoms with E-state index in [1.807, 2.05) is 6.07 Å². The van der Waals surface area contributed by atoms with Crippen LogP contribution in [0.4, 0.5) is 10.5 Å². The summed E-state index contributed by atoms with van der Waals surface area (Å²) in [5.74, 6) is -0.546. The standard InChI is InChI=1S/C28H35N3O10S2/c32-25(33)10-3-5-14-42-22-16-21(17-23(18-22)43-15-6-4-11-26(34)35)27(36)29-12-7-13-41-30-28(37)40-19-20-8-1-2-9-24(20)31(38)39/h1-2,8-9,16-18H,3-7,10-15,19H2,(H,29,36)(H,30,37)(H,32,33)(H,34,35). The maximum Gasteiger partial charge on any atom is 0.431 e. The number of benzene rings is 2. The molecule has 2 aromatic carbocycles. The molecule has 43 heavy (non-hydrogen) atoms. The van der Waals surface area contributed by atoms with Crippen molar-refractivity contribution in [3.8, 4) is 0 Å². The van der Waals surface area contributed by atoms with E-state index in [0.717, 1.165) is 22.6 Å². The maximum atomic E-state index is 12.8. The van der Waals surface area contributed by atoms with Crippen molar-refractivity contribution in [3.63, 3.8) is 0 Å². The lowest BCUT2D eigenvalue weighted by Gasteiger charge is -2.11. The highest BCUT2D eigenvalue weighted by atomic mass is 32.2. The Hall–Kier alpha value is -3.82. The maximum absolute atomic E-state index is 12.8. The van der Waals surface area contributed by atoms with Crippen LogP contribution in [0, 0.1) is 10.1 Å². The van der Waals surface area contributed by atoms with E-state index in [1.165, 1.54) is 41.7 Å². The largest absolute Gasteiger partial charge is 0.481 e. The number of carbonyl (C=O) groups excluding carboxylic acids is 2. The van der Waals surface area contributed by atoms with Crippen LogP contribution in [-0.4, -0.2) is 63.7 Å². The Labute approximate surface area is 257 Å². The summed E-state index contributed by atoms with van der Waals surface area (Å²) in [5, 5.41) is 31.5. The molecule has 0 bridgehead atoms. The number of hydroxylamine groups is 1. The van der Waals surface area contributed by atoms with E-state index in [-0.39, 0.29) is 49.8 Å². The van der Waals surface area contributed by atoms with Gasteiger partial charge in [0.05, 0.1) is 17.1 Å². The van der Waals surface area contributed by atoms with Crippen LogP contribution in [0.3, 0.4) is 0 Å². The molecule has 0 aliphatic heterocycles. The SMILES string of the molecule is O=C(O)CCCCSc1cc(SCCCCC(=O)O)cc(C(=O)NCCCONC(=O)OCc2ccccc2[N+](=O)[O-])c1. The van der Waals surface area contributed by atoms with Gasteiger partial charge in [-0.1, -0.05) is 12.1 Å². The molecule has 0 aliphatic carbocycles. The Bertz CT molecular complexity index is 1200. The van der Waals surface area contributed by atoms with Crippen LogP contribution >= 0.6 is 23.5 Å². The number of unbranched alkanes of at least 4 members (excludes halogenated alkanes) is 2. The number of ether oxygens (including phenoxy) is 1. The minimum Gasteiger partial charge on any atom is -0.481 e. The second kappa shape index (κ2) is 20.1. The number of carbonyl (C=O) groups is 4. The van der Waals surface area contributed by atoms with Crippen molar-refractivity contribution in [1.29, 1.82) is 0 Å². The van der Waals surface area contributed by atoms with E-state index in [9.17, 15) is 29.3 Å². The molecule has 2 amide bonds. The summed E-state index contributed by atoms with van der Waals surface area (Å²) in [7, 11) is 0. The first-order valence-corrected chi connectivity index (χ1v) is 15.5. The number of aliphatic carboxylic acids is 2. The van der Waals surface area contributed by atoms with Gasteiger partial charge in [-0.3, -0.25) is 29.3 Å². The number of hydrogen-bond donors (Lipinski definition) is 4. The zero-order valence-corrected chi connectivity index (χ0v) is 25.1. The van der Waals surface area contributed by atoms with Gasteiger partial charge in [-0.25, -0.2) is 4.79 Å². The molecule has 0 atom stereocenters. The summed E-state index contributed by atoms with van der Waals surface area (Å²) in [6.07, 6.45) is 2.26. The third-order valence-corrected chi connectivity index (χ3v) is 7.78. The highest BCUT2D eigenvalue weighted by Crippen LogP contribution is 2.29. The van der Waals surface area contributed by atoms with Crippen LogP contribution in [0.15, 0.2) is 52.3 Å². The number of nitro groups is 1. The van der Waals surface area contributed by atoms with Crippen molar-refractivity contribution in [2.75, 3.05) is 24.7 Å². The van der Waals surface area contributed by atoms with Crippen LogP contribution in [0.1, 0.15) is 60.9 Å². The number of nitrogens with zero attached hydrogens (tertiary/aromatic N) is 1. The Morgan fingerprint density at radius 2 is 1.47 bits per heavy atom. The lowest BCUT2D eigenvalue weighted by atomic mass is 10.2. The average molecular weight is 638 g/mol. The van der Waals surface area contributed by atoms with Gasteiger partial charge in [0.2, 0.25) is 0 Å². The quantitative estimate of drug-likeness (QED) is 0.0600. The van der Waals surface area contributed by atoms with Gasteiger partial charge in [-0.2, -0.15) is 5.48 Å². The summed E-state index contributed by atoms with van der Waals surface area (Å²) in [5.41, 5.74) is 2.63. The first-order chi connectivity index (χ1) is 20.7. The number of carboxylic acid groups (broad SMARTS) is 2. The molecule has 2 rings (SSSR count). The Kier molecular flexibility index (Phi) is 16.6. The Balaban J connectivity index is 1.78. The zero-order valence-electron chi connectivity index (χ0n) is 23.5. The van der Waals surface area contributed by atoms with Crippen molar-refractivity contribution in [1.82, 2.24) is 10.8 Å². The third kappa shape index (κ3) is 15.3. The molecule has 0 heterocycles. The number of nitrogens with one attached hydrogen (secondary N) is 2. The number of para-hydroxylation sites is 1. The van der Waals surface area contributed by atoms with Gasteiger partial charge in [-0.15, -0.1) is 23.5 Å². The van der Waals surface area contributed by atoms with Gasteiger partial charge in [0.15, 0.2) is 0 Å². The normalized spacial score (nSPS) is 10.6.